The lowest BCUT2D eigenvalue weighted by atomic mass is 10.0. The standard InChI is InChI=1S/C19H22N6O7S4/c26-13(8-12-4-3-6-33-12)20-14-16(27)25-15(18(28)29)11(9-34-17(14)25)10-35-19-21-22-23-24(19)5-1-2-7-36(30,31)32/h3-4,6,14,17H,1-2,5,7-10H2,(H,20,26)(H,28,29)(H,30,31,32)/t14?,17-/m1/s1. The fourth-order valence-corrected chi connectivity index (χ4v) is 7.39. The smallest absolute Gasteiger partial charge is 0.352 e. The Morgan fingerprint density at radius 3 is 2.81 bits per heavy atom. The fourth-order valence-electron chi connectivity index (χ4n) is 3.73. The summed E-state index contributed by atoms with van der Waals surface area (Å²) >= 11 is 4.03. The highest BCUT2D eigenvalue weighted by Crippen LogP contribution is 2.41. The van der Waals surface area contributed by atoms with Crippen LogP contribution in [0.3, 0.4) is 0 Å². The number of amides is 2. The van der Waals surface area contributed by atoms with E-state index in [-0.39, 0.29) is 36.0 Å². The molecule has 0 spiro atoms. The molecule has 13 nitrogen and oxygen atoms in total. The number of β-lactam (4-membered cyclic amide) rings is 1. The summed E-state index contributed by atoms with van der Waals surface area (Å²) in [5, 5.41) is 25.8. The van der Waals surface area contributed by atoms with Gasteiger partial charge in [-0.3, -0.25) is 19.0 Å². The largest absolute Gasteiger partial charge is 0.477 e. The molecular weight excluding hydrogens is 553 g/mol. The maximum atomic E-state index is 12.8. The van der Waals surface area contributed by atoms with E-state index in [1.54, 1.807) is 0 Å². The number of hydrogen-bond acceptors (Lipinski definition) is 11. The summed E-state index contributed by atoms with van der Waals surface area (Å²) in [5.41, 5.74) is 0.443. The number of aromatic nitrogens is 4. The Morgan fingerprint density at radius 1 is 1.31 bits per heavy atom. The monoisotopic (exact) mass is 574 g/mol. The summed E-state index contributed by atoms with van der Waals surface area (Å²) in [6.45, 7) is 0.323. The average Bonchev–Trinajstić information content (AvgIpc) is 3.49. The van der Waals surface area contributed by atoms with Crippen LogP contribution in [0, 0.1) is 0 Å². The molecule has 0 aromatic carbocycles. The van der Waals surface area contributed by atoms with E-state index in [4.69, 9.17) is 4.55 Å². The molecule has 0 radical (unpaired) electrons. The van der Waals surface area contributed by atoms with Crippen molar-refractivity contribution in [3.63, 3.8) is 0 Å². The van der Waals surface area contributed by atoms with Crippen molar-refractivity contribution in [1.82, 2.24) is 30.4 Å². The Balaban J connectivity index is 1.36. The Bertz CT molecular complexity index is 1280. The molecule has 194 valence electrons. The van der Waals surface area contributed by atoms with Crippen LogP contribution in [0.25, 0.3) is 0 Å². The molecule has 0 bridgehead atoms. The number of aliphatic carboxylic acids is 1. The predicted molar refractivity (Wildman–Crippen MR) is 132 cm³/mol. The van der Waals surface area contributed by atoms with Crippen LogP contribution in [0.15, 0.2) is 33.9 Å². The van der Waals surface area contributed by atoms with Crippen LogP contribution in [-0.2, 0) is 37.5 Å². The predicted octanol–water partition coefficient (Wildman–Crippen LogP) is 0.476. The first-order valence-electron chi connectivity index (χ1n) is 10.7. The topological polar surface area (TPSA) is 185 Å². The van der Waals surface area contributed by atoms with Gasteiger partial charge in [-0.1, -0.05) is 17.8 Å². The molecule has 2 aromatic rings. The molecule has 0 aliphatic carbocycles. The summed E-state index contributed by atoms with van der Waals surface area (Å²) in [4.78, 5) is 39.3. The number of aryl methyl sites for hydroxylation is 1. The second kappa shape index (κ2) is 11.3. The summed E-state index contributed by atoms with van der Waals surface area (Å²) in [5.74, 6) is -1.75. The van der Waals surface area contributed by atoms with Gasteiger partial charge in [0.25, 0.3) is 16.0 Å². The minimum absolute atomic E-state index is 0.0906. The van der Waals surface area contributed by atoms with Gasteiger partial charge >= 0.3 is 5.97 Å². The molecule has 2 aliphatic heterocycles. The number of carboxylic acids is 1. The van der Waals surface area contributed by atoms with Crippen molar-refractivity contribution in [2.45, 2.75) is 42.4 Å². The van der Waals surface area contributed by atoms with E-state index in [0.29, 0.717) is 29.4 Å². The van der Waals surface area contributed by atoms with Crippen molar-refractivity contribution in [1.29, 1.82) is 0 Å². The molecular formula is C19H22N6O7S4. The van der Waals surface area contributed by atoms with Crippen molar-refractivity contribution in [3.8, 4) is 0 Å². The molecule has 2 atom stereocenters. The van der Waals surface area contributed by atoms with E-state index >= 15 is 0 Å². The van der Waals surface area contributed by atoms with Crippen LogP contribution in [0.5, 0.6) is 0 Å². The molecule has 17 heteroatoms. The zero-order valence-electron chi connectivity index (χ0n) is 18.6. The third kappa shape index (κ3) is 6.26. The van der Waals surface area contributed by atoms with Gasteiger partial charge in [-0.05, 0) is 40.3 Å². The van der Waals surface area contributed by atoms with Crippen LogP contribution in [0.4, 0.5) is 0 Å². The summed E-state index contributed by atoms with van der Waals surface area (Å²) in [6.07, 6.45) is 0.811. The summed E-state index contributed by atoms with van der Waals surface area (Å²) < 4.78 is 32.0. The summed E-state index contributed by atoms with van der Waals surface area (Å²) in [6, 6.07) is 2.90. The number of tetrazole rings is 1. The van der Waals surface area contributed by atoms with E-state index in [9.17, 15) is 27.9 Å². The van der Waals surface area contributed by atoms with Crippen LogP contribution in [0.1, 0.15) is 17.7 Å². The molecule has 4 heterocycles. The van der Waals surface area contributed by atoms with Gasteiger partial charge in [0.1, 0.15) is 17.1 Å². The Morgan fingerprint density at radius 2 is 2.11 bits per heavy atom. The number of carbonyl (C=O) groups excluding carboxylic acids is 2. The highest BCUT2D eigenvalue weighted by Gasteiger charge is 2.54. The molecule has 2 amide bonds. The van der Waals surface area contributed by atoms with Crippen molar-refractivity contribution in [2.75, 3.05) is 17.3 Å². The second-order valence-electron chi connectivity index (χ2n) is 7.93. The van der Waals surface area contributed by atoms with Crippen molar-refractivity contribution in [2.24, 2.45) is 0 Å². The quantitative estimate of drug-likeness (QED) is 0.138. The maximum absolute atomic E-state index is 12.8. The van der Waals surface area contributed by atoms with E-state index < -0.39 is 33.4 Å². The Hall–Kier alpha value is -2.47. The van der Waals surface area contributed by atoms with Crippen molar-refractivity contribution < 1.29 is 32.5 Å². The lowest BCUT2D eigenvalue weighted by Crippen LogP contribution is -2.70. The highest BCUT2D eigenvalue weighted by atomic mass is 32.2. The van der Waals surface area contributed by atoms with Gasteiger partial charge in [-0.2, -0.15) is 8.42 Å². The van der Waals surface area contributed by atoms with Gasteiger partial charge < -0.3 is 10.4 Å². The number of fused-ring (bicyclic) bond motifs is 1. The van der Waals surface area contributed by atoms with Crippen LogP contribution >= 0.6 is 34.9 Å². The molecule has 0 saturated carbocycles. The third-order valence-electron chi connectivity index (χ3n) is 5.38. The number of thiophene rings is 1. The molecule has 3 N–H and O–H groups in total. The van der Waals surface area contributed by atoms with E-state index in [1.165, 1.54) is 44.4 Å². The fraction of sp³-hybridized carbons (Fsp3) is 0.474. The minimum Gasteiger partial charge on any atom is -0.477 e. The SMILES string of the molecule is O=C(Cc1cccs1)NC1C(=O)N2C(C(=O)O)=C(CSc3nnnn3CCCCS(=O)(=O)O)CS[C@H]12. The number of carboxylic acid groups (broad SMARTS) is 1. The van der Waals surface area contributed by atoms with Gasteiger partial charge in [-0.25, -0.2) is 9.48 Å². The number of carbonyl (C=O) groups is 3. The lowest BCUT2D eigenvalue weighted by molar-refractivity contribution is -0.150. The van der Waals surface area contributed by atoms with E-state index in [2.05, 4.69) is 20.8 Å². The van der Waals surface area contributed by atoms with E-state index in [1.807, 2.05) is 17.5 Å². The zero-order valence-corrected chi connectivity index (χ0v) is 21.9. The first-order chi connectivity index (χ1) is 17.1. The summed E-state index contributed by atoms with van der Waals surface area (Å²) in [7, 11) is -4.03. The zero-order chi connectivity index (χ0) is 25.9. The van der Waals surface area contributed by atoms with E-state index in [0.717, 1.165) is 4.88 Å². The van der Waals surface area contributed by atoms with Crippen LogP contribution in [-0.4, -0.2) is 89.6 Å². The highest BCUT2D eigenvalue weighted by molar-refractivity contribution is 8.01. The number of nitrogens with one attached hydrogen (secondary N) is 1. The first kappa shape index (κ1) is 26.6. The van der Waals surface area contributed by atoms with Gasteiger partial charge in [0.15, 0.2) is 0 Å². The Kier molecular flexibility index (Phi) is 8.34. The van der Waals surface area contributed by atoms with Gasteiger partial charge in [0.05, 0.1) is 12.2 Å². The Labute approximate surface area is 218 Å². The van der Waals surface area contributed by atoms with Gasteiger partial charge in [-0.15, -0.1) is 28.2 Å². The maximum Gasteiger partial charge on any atom is 0.352 e. The number of rotatable bonds is 12. The minimum atomic E-state index is -4.03. The van der Waals surface area contributed by atoms with Crippen LogP contribution < -0.4 is 5.32 Å². The first-order valence-corrected chi connectivity index (χ1v) is 15.2. The van der Waals surface area contributed by atoms with Crippen LogP contribution in [0.2, 0.25) is 0 Å². The van der Waals surface area contributed by atoms with Crippen molar-refractivity contribution >= 4 is 62.8 Å². The second-order valence-corrected chi connectivity index (χ2v) is 12.6. The normalized spacial score (nSPS) is 19.7. The lowest BCUT2D eigenvalue weighted by Gasteiger charge is -2.49. The number of hydrogen-bond donors (Lipinski definition) is 3. The number of nitrogens with zero attached hydrogens (tertiary/aromatic N) is 5. The third-order valence-corrected chi connectivity index (χ3v) is 9.44. The molecule has 1 saturated heterocycles. The molecule has 4 rings (SSSR count). The molecule has 2 aliphatic rings. The molecule has 36 heavy (non-hydrogen) atoms. The number of unbranched alkanes of at least 4 members (excludes halogenated alkanes) is 1. The van der Waals surface area contributed by atoms with Gasteiger partial charge in [0.2, 0.25) is 11.1 Å². The number of thioether (sulfide) groups is 2. The van der Waals surface area contributed by atoms with Gasteiger partial charge in [0, 0.05) is 22.9 Å². The average molecular weight is 575 g/mol. The van der Waals surface area contributed by atoms with Crippen molar-refractivity contribution in [3.05, 3.63) is 33.7 Å². The molecule has 2 aromatic heterocycles. The molecule has 1 fully saturated rings. The molecule has 1 unspecified atom stereocenters.